The fourth-order valence-electron chi connectivity index (χ4n) is 3.35. The van der Waals surface area contributed by atoms with Crippen LogP contribution in [0.3, 0.4) is 0 Å². The van der Waals surface area contributed by atoms with Gasteiger partial charge < -0.3 is 16.1 Å². The number of hydrogen-bond donors (Lipinski definition) is 3. The predicted octanol–water partition coefficient (Wildman–Crippen LogP) is 1.39. The molecule has 3 aliphatic heterocycles. The van der Waals surface area contributed by atoms with Gasteiger partial charge >= 0.3 is 0 Å². The third-order valence-corrected chi connectivity index (χ3v) is 4.77. The van der Waals surface area contributed by atoms with Crippen LogP contribution in [0.1, 0.15) is 19.3 Å². The molecule has 0 aromatic heterocycles. The van der Waals surface area contributed by atoms with Crippen molar-refractivity contribution in [3.05, 3.63) is 47.5 Å². The number of nitrogens with zero attached hydrogens (tertiary/aromatic N) is 3. The van der Waals surface area contributed by atoms with E-state index in [9.17, 15) is 4.48 Å². The summed E-state index contributed by atoms with van der Waals surface area (Å²) in [4.78, 5) is 4.49. The monoisotopic (exact) mass is 346 g/mol. The number of hydrazine groups is 1. The van der Waals surface area contributed by atoms with Crippen LogP contribution in [0.25, 0.3) is 0 Å². The number of hydrogen-bond acceptors (Lipinski definition) is 6. The molecule has 3 rings (SSSR count). The van der Waals surface area contributed by atoms with E-state index in [-0.39, 0.29) is 6.04 Å². The van der Waals surface area contributed by atoms with Gasteiger partial charge in [-0.05, 0) is 37.1 Å². The van der Waals surface area contributed by atoms with E-state index in [1.807, 2.05) is 6.20 Å². The van der Waals surface area contributed by atoms with Gasteiger partial charge in [-0.25, -0.2) is 5.01 Å². The highest BCUT2D eigenvalue weighted by Gasteiger charge is 2.32. The van der Waals surface area contributed by atoms with Crippen molar-refractivity contribution in [1.82, 2.24) is 20.9 Å². The first kappa shape index (κ1) is 17.8. The highest BCUT2D eigenvalue weighted by molar-refractivity contribution is 6.03. The van der Waals surface area contributed by atoms with E-state index in [1.54, 1.807) is 5.54 Å². The Labute approximate surface area is 148 Å². The average molecular weight is 346 g/mol. The summed E-state index contributed by atoms with van der Waals surface area (Å²) < 4.78 is 11.9. The van der Waals surface area contributed by atoms with Crippen LogP contribution in [0.5, 0.6) is 0 Å². The Bertz CT molecular complexity index is 633. The molecular formula is C18H27FN6. The SMILES string of the molecule is CN1C2C=CN=C(CCN)C2=CN1CC1=CC=C(CCCNF)NC1. The van der Waals surface area contributed by atoms with E-state index in [0.29, 0.717) is 13.1 Å². The molecule has 0 bridgehead atoms. The lowest BCUT2D eigenvalue weighted by Gasteiger charge is -2.31. The van der Waals surface area contributed by atoms with Gasteiger partial charge in [0.25, 0.3) is 0 Å². The van der Waals surface area contributed by atoms with Crippen molar-refractivity contribution < 1.29 is 4.48 Å². The molecule has 0 aliphatic carbocycles. The standard InChI is InChI=1S/C18H27FN6/c1-24-18-7-10-21-17(6-8-20)16(18)13-25(24)12-14-4-5-15(22-11-14)3-2-9-23-19/h4-5,7,10,13,18,22-23H,2-3,6,8-9,11-12,20H2,1H3. The molecule has 0 aromatic rings. The van der Waals surface area contributed by atoms with Crippen LogP contribution >= 0.6 is 0 Å². The Morgan fingerprint density at radius 1 is 1.40 bits per heavy atom. The molecule has 0 saturated carbocycles. The maximum Gasteiger partial charge on any atom is 0.0770 e. The Morgan fingerprint density at radius 2 is 2.28 bits per heavy atom. The van der Waals surface area contributed by atoms with Crippen LogP contribution in [-0.2, 0) is 0 Å². The minimum Gasteiger partial charge on any atom is -0.385 e. The number of fused-ring (bicyclic) bond motifs is 1. The molecule has 0 radical (unpaired) electrons. The van der Waals surface area contributed by atoms with Crippen molar-refractivity contribution in [2.75, 3.05) is 33.2 Å². The van der Waals surface area contributed by atoms with E-state index < -0.39 is 0 Å². The number of allylic oxidation sites excluding steroid dienone is 3. The normalized spacial score (nSPS) is 22.8. The van der Waals surface area contributed by atoms with Crippen LogP contribution < -0.4 is 16.6 Å². The highest BCUT2D eigenvalue weighted by Crippen LogP contribution is 2.28. The van der Waals surface area contributed by atoms with Gasteiger partial charge in [-0.2, -0.15) is 5.54 Å². The molecule has 25 heavy (non-hydrogen) atoms. The lowest BCUT2D eigenvalue weighted by molar-refractivity contribution is 0.0701. The minimum atomic E-state index is 0.246. The van der Waals surface area contributed by atoms with E-state index in [0.717, 1.165) is 38.1 Å². The van der Waals surface area contributed by atoms with Gasteiger partial charge in [-0.1, -0.05) is 6.08 Å². The zero-order valence-electron chi connectivity index (χ0n) is 14.7. The Balaban J connectivity index is 1.62. The molecule has 3 heterocycles. The summed E-state index contributed by atoms with van der Waals surface area (Å²) in [7, 11) is 2.10. The van der Waals surface area contributed by atoms with Gasteiger partial charge in [0.2, 0.25) is 0 Å². The van der Waals surface area contributed by atoms with Gasteiger partial charge in [0, 0.05) is 55.9 Å². The van der Waals surface area contributed by atoms with Gasteiger partial charge in [0.15, 0.2) is 0 Å². The molecule has 1 unspecified atom stereocenters. The molecule has 0 aromatic carbocycles. The van der Waals surface area contributed by atoms with Gasteiger partial charge in [0.1, 0.15) is 0 Å². The van der Waals surface area contributed by atoms with Gasteiger partial charge in [-0.3, -0.25) is 4.99 Å². The Kier molecular flexibility index (Phi) is 6.01. The second kappa shape index (κ2) is 8.42. The summed E-state index contributed by atoms with van der Waals surface area (Å²) in [6.45, 7) is 2.67. The number of nitrogens with two attached hydrogens (primary N) is 1. The summed E-state index contributed by atoms with van der Waals surface area (Å²) in [5.41, 5.74) is 12.2. The van der Waals surface area contributed by atoms with Crippen LogP contribution in [0.2, 0.25) is 0 Å². The number of likely N-dealkylation sites (N-methyl/N-ethyl adjacent to an activating group) is 1. The Hall–Kier alpha value is -1.96. The first-order valence-electron chi connectivity index (χ1n) is 8.83. The summed E-state index contributed by atoms with van der Waals surface area (Å²) in [6, 6.07) is 0.246. The van der Waals surface area contributed by atoms with E-state index in [1.165, 1.54) is 16.8 Å². The number of aliphatic imine (C=N–C) groups is 1. The second-order valence-corrected chi connectivity index (χ2v) is 6.51. The first-order valence-corrected chi connectivity index (χ1v) is 8.83. The maximum absolute atomic E-state index is 11.9. The number of nitrogens with one attached hydrogen (secondary N) is 2. The zero-order valence-corrected chi connectivity index (χ0v) is 14.7. The molecule has 0 saturated heterocycles. The summed E-state index contributed by atoms with van der Waals surface area (Å²) in [6.07, 6.45) is 12.9. The Morgan fingerprint density at radius 3 is 3.00 bits per heavy atom. The minimum absolute atomic E-state index is 0.246. The van der Waals surface area contributed by atoms with Crippen LogP contribution in [0, 0.1) is 0 Å². The summed E-state index contributed by atoms with van der Waals surface area (Å²) in [5.74, 6) is 0. The molecule has 0 fully saturated rings. The molecular weight excluding hydrogens is 319 g/mol. The molecule has 7 heteroatoms. The number of rotatable bonds is 8. The fourth-order valence-corrected chi connectivity index (χ4v) is 3.35. The molecule has 3 aliphatic rings. The molecule has 1 atom stereocenters. The van der Waals surface area contributed by atoms with Crippen molar-refractivity contribution in [2.45, 2.75) is 25.3 Å². The second-order valence-electron chi connectivity index (χ2n) is 6.51. The van der Waals surface area contributed by atoms with Crippen molar-refractivity contribution >= 4 is 5.71 Å². The summed E-state index contributed by atoms with van der Waals surface area (Å²) in [5, 5.41) is 7.91. The third kappa shape index (κ3) is 4.18. The molecule has 0 amide bonds. The van der Waals surface area contributed by atoms with E-state index in [4.69, 9.17) is 5.73 Å². The molecule has 0 spiro atoms. The largest absolute Gasteiger partial charge is 0.385 e. The lowest BCUT2D eigenvalue weighted by atomic mass is 9.99. The van der Waals surface area contributed by atoms with Gasteiger partial charge in [-0.15, -0.1) is 4.48 Å². The van der Waals surface area contributed by atoms with Gasteiger partial charge in [0.05, 0.1) is 12.6 Å². The van der Waals surface area contributed by atoms with Crippen LogP contribution in [-0.4, -0.2) is 55.0 Å². The lowest BCUT2D eigenvalue weighted by Crippen LogP contribution is -2.40. The van der Waals surface area contributed by atoms with Crippen LogP contribution in [0.15, 0.2) is 52.5 Å². The maximum atomic E-state index is 11.9. The number of dihydropyridines is 1. The van der Waals surface area contributed by atoms with E-state index in [2.05, 4.69) is 51.8 Å². The third-order valence-electron chi connectivity index (χ3n) is 4.77. The number of halogens is 1. The van der Waals surface area contributed by atoms with Crippen molar-refractivity contribution in [3.63, 3.8) is 0 Å². The van der Waals surface area contributed by atoms with Crippen molar-refractivity contribution in [1.29, 1.82) is 0 Å². The summed E-state index contributed by atoms with van der Waals surface area (Å²) >= 11 is 0. The quantitative estimate of drug-likeness (QED) is 0.458. The van der Waals surface area contributed by atoms with Crippen LogP contribution in [0.4, 0.5) is 4.48 Å². The van der Waals surface area contributed by atoms with E-state index >= 15 is 0 Å². The molecule has 4 N–H and O–H groups in total. The highest BCUT2D eigenvalue weighted by atomic mass is 19.2. The van der Waals surface area contributed by atoms with Crippen molar-refractivity contribution in [2.24, 2.45) is 10.7 Å². The average Bonchev–Trinajstić information content (AvgIpc) is 2.94. The predicted molar refractivity (Wildman–Crippen MR) is 99.1 cm³/mol. The fraction of sp³-hybridized carbons (Fsp3) is 0.500. The first-order chi connectivity index (χ1) is 12.2. The topological polar surface area (TPSA) is 68.9 Å². The molecule has 136 valence electrons. The smallest absolute Gasteiger partial charge is 0.0770 e. The zero-order chi connectivity index (χ0) is 17.6. The van der Waals surface area contributed by atoms with Crippen molar-refractivity contribution in [3.8, 4) is 0 Å². The molecule has 6 nitrogen and oxygen atoms in total.